The minimum atomic E-state index is 0. The van der Waals surface area contributed by atoms with E-state index in [2.05, 4.69) is 32.7 Å². The van der Waals surface area contributed by atoms with E-state index < -0.39 is 0 Å². The monoisotopic (exact) mass is 520 g/mol. The SMILES string of the molecule is CN=C(NCCN(C)CCCOC)NCc1cnn(-c2ccc(Cl)cc2)c1.I. The maximum Gasteiger partial charge on any atom is 0.191 e. The van der Waals surface area contributed by atoms with Crippen molar-refractivity contribution < 1.29 is 4.74 Å². The van der Waals surface area contributed by atoms with E-state index >= 15 is 0 Å². The minimum absolute atomic E-state index is 0. The molecule has 1 heterocycles. The van der Waals surface area contributed by atoms with Crippen LogP contribution < -0.4 is 10.6 Å². The van der Waals surface area contributed by atoms with Crippen molar-refractivity contribution in [3.8, 4) is 5.69 Å². The third kappa shape index (κ3) is 8.76. The topological polar surface area (TPSA) is 66.7 Å². The second-order valence-electron chi connectivity index (χ2n) is 6.27. The highest BCUT2D eigenvalue weighted by Crippen LogP contribution is 2.13. The van der Waals surface area contributed by atoms with Crippen LogP contribution in [0, 0.1) is 0 Å². The van der Waals surface area contributed by atoms with E-state index in [0.717, 1.165) is 49.9 Å². The molecule has 0 radical (unpaired) electrons. The molecule has 28 heavy (non-hydrogen) atoms. The van der Waals surface area contributed by atoms with E-state index in [0.29, 0.717) is 11.6 Å². The number of halogens is 2. The fraction of sp³-hybridized carbons (Fsp3) is 0.474. The summed E-state index contributed by atoms with van der Waals surface area (Å²) in [5.41, 5.74) is 2.05. The molecular formula is C19H30ClIN6O. The maximum atomic E-state index is 5.93. The number of benzene rings is 1. The van der Waals surface area contributed by atoms with Gasteiger partial charge in [0, 0.05) is 63.7 Å². The molecule has 0 aliphatic carbocycles. The highest BCUT2D eigenvalue weighted by Gasteiger charge is 2.04. The normalized spacial score (nSPS) is 11.4. The van der Waals surface area contributed by atoms with Crippen molar-refractivity contribution in [3.63, 3.8) is 0 Å². The molecule has 0 saturated heterocycles. The molecule has 1 aromatic carbocycles. The second kappa shape index (κ2) is 13.8. The molecule has 0 atom stereocenters. The van der Waals surface area contributed by atoms with E-state index in [4.69, 9.17) is 16.3 Å². The number of nitrogens with zero attached hydrogens (tertiary/aromatic N) is 4. The smallest absolute Gasteiger partial charge is 0.191 e. The zero-order valence-electron chi connectivity index (χ0n) is 16.7. The Kier molecular flexibility index (Phi) is 12.1. The Balaban J connectivity index is 0.00000392. The van der Waals surface area contributed by atoms with Crippen LogP contribution in [-0.2, 0) is 11.3 Å². The first-order valence-corrected chi connectivity index (χ1v) is 9.41. The average molecular weight is 521 g/mol. The first-order valence-electron chi connectivity index (χ1n) is 9.04. The second-order valence-corrected chi connectivity index (χ2v) is 6.71. The summed E-state index contributed by atoms with van der Waals surface area (Å²) >= 11 is 5.93. The van der Waals surface area contributed by atoms with Gasteiger partial charge in [-0.25, -0.2) is 4.68 Å². The molecule has 0 bridgehead atoms. The lowest BCUT2D eigenvalue weighted by molar-refractivity contribution is 0.180. The maximum absolute atomic E-state index is 5.93. The molecule has 7 nitrogen and oxygen atoms in total. The van der Waals surface area contributed by atoms with E-state index in [-0.39, 0.29) is 24.0 Å². The predicted molar refractivity (Wildman–Crippen MR) is 126 cm³/mol. The van der Waals surface area contributed by atoms with E-state index in [9.17, 15) is 0 Å². The van der Waals surface area contributed by atoms with Crippen LogP contribution in [0.25, 0.3) is 5.69 Å². The summed E-state index contributed by atoms with van der Waals surface area (Å²) in [7, 11) is 5.61. The van der Waals surface area contributed by atoms with Crippen LogP contribution in [0.1, 0.15) is 12.0 Å². The Morgan fingerprint density at radius 2 is 2.00 bits per heavy atom. The van der Waals surface area contributed by atoms with Gasteiger partial charge in [-0.1, -0.05) is 11.6 Å². The Labute approximate surface area is 189 Å². The molecule has 0 aliphatic heterocycles. The third-order valence-electron chi connectivity index (χ3n) is 4.09. The summed E-state index contributed by atoms with van der Waals surface area (Å²) in [6.07, 6.45) is 4.88. The molecular weight excluding hydrogens is 491 g/mol. The number of nitrogens with one attached hydrogen (secondary N) is 2. The molecule has 9 heteroatoms. The quantitative estimate of drug-likeness (QED) is 0.218. The average Bonchev–Trinajstić information content (AvgIpc) is 3.14. The molecule has 156 valence electrons. The van der Waals surface area contributed by atoms with Crippen molar-refractivity contribution >= 4 is 41.5 Å². The van der Waals surface area contributed by atoms with Crippen LogP contribution in [0.2, 0.25) is 5.02 Å². The van der Waals surface area contributed by atoms with Crippen LogP contribution in [0.3, 0.4) is 0 Å². The molecule has 0 saturated carbocycles. The van der Waals surface area contributed by atoms with Crippen molar-refractivity contribution in [2.24, 2.45) is 4.99 Å². The largest absolute Gasteiger partial charge is 0.385 e. The number of aliphatic imine (C=N–C) groups is 1. The van der Waals surface area contributed by atoms with Gasteiger partial charge in [0.05, 0.1) is 11.9 Å². The summed E-state index contributed by atoms with van der Waals surface area (Å²) in [5, 5.41) is 11.8. The van der Waals surface area contributed by atoms with Gasteiger partial charge < -0.3 is 20.3 Å². The summed E-state index contributed by atoms with van der Waals surface area (Å²) in [5.74, 6) is 0.777. The van der Waals surface area contributed by atoms with Crippen LogP contribution in [0.15, 0.2) is 41.7 Å². The molecule has 0 aliphatic rings. The van der Waals surface area contributed by atoms with Gasteiger partial charge in [-0.05, 0) is 37.7 Å². The lowest BCUT2D eigenvalue weighted by atomic mass is 10.3. The number of hydrogen-bond acceptors (Lipinski definition) is 4. The van der Waals surface area contributed by atoms with E-state index in [1.807, 2.05) is 41.3 Å². The fourth-order valence-electron chi connectivity index (χ4n) is 2.55. The molecule has 1 aromatic heterocycles. The molecule has 2 aromatic rings. The van der Waals surface area contributed by atoms with Gasteiger partial charge in [0.2, 0.25) is 0 Å². The molecule has 2 rings (SSSR count). The van der Waals surface area contributed by atoms with Crippen molar-refractivity contribution in [1.82, 2.24) is 25.3 Å². The molecule has 2 N–H and O–H groups in total. The Morgan fingerprint density at radius 1 is 1.25 bits per heavy atom. The molecule has 0 unspecified atom stereocenters. The van der Waals surface area contributed by atoms with Crippen molar-refractivity contribution in [2.75, 3.05) is 47.4 Å². The van der Waals surface area contributed by atoms with Gasteiger partial charge >= 0.3 is 0 Å². The van der Waals surface area contributed by atoms with Crippen molar-refractivity contribution in [2.45, 2.75) is 13.0 Å². The highest BCUT2D eigenvalue weighted by atomic mass is 127. The summed E-state index contributed by atoms with van der Waals surface area (Å²) < 4.78 is 6.91. The van der Waals surface area contributed by atoms with Crippen molar-refractivity contribution in [3.05, 3.63) is 47.2 Å². The molecule has 0 spiro atoms. The first-order chi connectivity index (χ1) is 13.1. The number of methoxy groups -OCH3 is 1. The van der Waals surface area contributed by atoms with Crippen LogP contribution >= 0.6 is 35.6 Å². The summed E-state index contributed by atoms with van der Waals surface area (Å²) in [4.78, 5) is 6.54. The summed E-state index contributed by atoms with van der Waals surface area (Å²) in [6, 6.07) is 7.59. The zero-order valence-corrected chi connectivity index (χ0v) is 19.8. The number of guanidine groups is 1. The van der Waals surface area contributed by atoms with Crippen LogP contribution in [0.5, 0.6) is 0 Å². The van der Waals surface area contributed by atoms with Gasteiger partial charge in [0.1, 0.15) is 0 Å². The van der Waals surface area contributed by atoms with Gasteiger partial charge in [0.25, 0.3) is 0 Å². The number of aromatic nitrogens is 2. The summed E-state index contributed by atoms with van der Waals surface area (Å²) in [6.45, 7) is 4.24. The number of hydrogen-bond donors (Lipinski definition) is 2. The molecule has 0 amide bonds. The Morgan fingerprint density at radius 3 is 2.68 bits per heavy atom. The first kappa shape index (κ1) is 24.7. The number of ether oxygens (including phenoxy) is 1. The highest BCUT2D eigenvalue weighted by molar-refractivity contribution is 14.0. The lowest BCUT2D eigenvalue weighted by Crippen LogP contribution is -2.40. The predicted octanol–water partition coefficient (Wildman–Crippen LogP) is 2.78. The van der Waals surface area contributed by atoms with Crippen LogP contribution in [-0.4, -0.2) is 68.1 Å². The van der Waals surface area contributed by atoms with Crippen molar-refractivity contribution in [1.29, 1.82) is 0 Å². The van der Waals surface area contributed by atoms with Gasteiger partial charge in [-0.2, -0.15) is 5.10 Å². The number of rotatable bonds is 10. The van der Waals surface area contributed by atoms with Gasteiger partial charge in [-0.3, -0.25) is 4.99 Å². The van der Waals surface area contributed by atoms with E-state index in [1.165, 1.54) is 0 Å². The zero-order chi connectivity index (χ0) is 19.5. The van der Waals surface area contributed by atoms with Gasteiger partial charge in [0.15, 0.2) is 5.96 Å². The minimum Gasteiger partial charge on any atom is -0.385 e. The van der Waals surface area contributed by atoms with Crippen LogP contribution in [0.4, 0.5) is 0 Å². The third-order valence-corrected chi connectivity index (χ3v) is 4.34. The number of likely N-dealkylation sites (N-methyl/N-ethyl adjacent to an activating group) is 1. The van der Waals surface area contributed by atoms with E-state index in [1.54, 1.807) is 14.2 Å². The van der Waals surface area contributed by atoms with Gasteiger partial charge in [-0.15, -0.1) is 24.0 Å². The molecule has 0 fully saturated rings. The Hall–Kier alpha value is -1.36. The fourth-order valence-corrected chi connectivity index (χ4v) is 2.67. The Bertz CT molecular complexity index is 707. The standard InChI is InChI=1S/C19H29ClN6O.HI/c1-21-19(22-9-11-25(2)10-4-12-27-3)23-13-16-14-24-26(15-16)18-7-5-17(20)6-8-18;/h5-8,14-15H,4,9-13H2,1-3H3,(H2,21,22,23);1H. The lowest BCUT2D eigenvalue weighted by Gasteiger charge is -2.18.